The largest absolute Gasteiger partial charge is 0.354 e. The van der Waals surface area contributed by atoms with Crippen LogP contribution in [0, 0.1) is 6.92 Å². The van der Waals surface area contributed by atoms with E-state index in [1.807, 2.05) is 23.8 Å². The van der Waals surface area contributed by atoms with Crippen molar-refractivity contribution < 1.29 is 13.2 Å². The molecule has 1 amide bonds. The smallest absolute Gasteiger partial charge is 0.264 e. The van der Waals surface area contributed by atoms with Gasteiger partial charge in [0.05, 0.1) is 16.9 Å². The van der Waals surface area contributed by atoms with Crippen molar-refractivity contribution in [3.63, 3.8) is 0 Å². The number of rotatable bonds is 9. The molecule has 7 nitrogen and oxygen atoms in total. The van der Waals surface area contributed by atoms with Crippen molar-refractivity contribution in [2.24, 2.45) is 0 Å². The van der Waals surface area contributed by atoms with Gasteiger partial charge >= 0.3 is 0 Å². The summed E-state index contributed by atoms with van der Waals surface area (Å²) in [5, 5.41) is 2.80. The van der Waals surface area contributed by atoms with Crippen LogP contribution >= 0.6 is 0 Å². The second-order valence-corrected chi connectivity index (χ2v) is 8.53. The average Bonchev–Trinajstić information content (AvgIpc) is 3.23. The molecule has 2 aromatic carbocycles. The molecule has 1 heterocycles. The highest BCUT2D eigenvalue weighted by Crippen LogP contribution is 2.24. The number of amides is 1. The van der Waals surface area contributed by atoms with Crippen LogP contribution in [-0.4, -0.2) is 37.0 Å². The van der Waals surface area contributed by atoms with Crippen LogP contribution in [0.1, 0.15) is 12.0 Å². The summed E-state index contributed by atoms with van der Waals surface area (Å²) >= 11 is 0. The van der Waals surface area contributed by atoms with Crippen molar-refractivity contribution in [3.05, 3.63) is 78.9 Å². The van der Waals surface area contributed by atoms with Gasteiger partial charge in [-0.2, -0.15) is 0 Å². The SMILES string of the molecule is Cc1cccc(N(CC(=O)NCCCn2ccnc2)S(=O)(=O)c2ccccc2)c1. The quantitative estimate of drug-likeness (QED) is 0.548. The highest BCUT2D eigenvalue weighted by Gasteiger charge is 2.27. The first-order valence-electron chi connectivity index (χ1n) is 9.34. The number of nitrogens with one attached hydrogen (secondary N) is 1. The Balaban J connectivity index is 1.72. The fraction of sp³-hybridized carbons (Fsp3) is 0.238. The summed E-state index contributed by atoms with van der Waals surface area (Å²) in [5.41, 5.74) is 1.37. The van der Waals surface area contributed by atoms with Crippen LogP contribution in [0.5, 0.6) is 0 Å². The molecule has 29 heavy (non-hydrogen) atoms. The van der Waals surface area contributed by atoms with Gasteiger partial charge in [0.2, 0.25) is 5.91 Å². The minimum absolute atomic E-state index is 0.148. The number of aryl methyl sites for hydroxylation is 2. The molecule has 0 bridgehead atoms. The van der Waals surface area contributed by atoms with Gasteiger partial charge in [0, 0.05) is 25.5 Å². The predicted octanol–water partition coefficient (Wildman–Crippen LogP) is 2.59. The summed E-state index contributed by atoms with van der Waals surface area (Å²) in [4.78, 5) is 16.6. The molecule has 152 valence electrons. The number of aromatic nitrogens is 2. The van der Waals surface area contributed by atoms with Crippen molar-refractivity contribution in [2.45, 2.75) is 24.8 Å². The topological polar surface area (TPSA) is 84.3 Å². The summed E-state index contributed by atoms with van der Waals surface area (Å²) in [6.07, 6.45) is 5.99. The van der Waals surface area contributed by atoms with E-state index >= 15 is 0 Å². The van der Waals surface area contributed by atoms with Crippen LogP contribution in [0.2, 0.25) is 0 Å². The van der Waals surface area contributed by atoms with Crippen LogP contribution in [0.15, 0.2) is 78.2 Å². The number of nitrogens with zero attached hydrogens (tertiary/aromatic N) is 3. The molecule has 0 atom stereocenters. The van der Waals surface area contributed by atoms with Crippen molar-refractivity contribution >= 4 is 21.6 Å². The number of hydrogen-bond donors (Lipinski definition) is 1. The lowest BCUT2D eigenvalue weighted by Crippen LogP contribution is -2.41. The molecule has 1 aromatic heterocycles. The predicted molar refractivity (Wildman–Crippen MR) is 112 cm³/mol. The first-order chi connectivity index (χ1) is 14.0. The van der Waals surface area contributed by atoms with Crippen LogP contribution in [-0.2, 0) is 21.4 Å². The molecule has 0 saturated heterocycles. The number of anilines is 1. The summed E-state index contributed by atoms with van der Waals surface area (Å²) in [5.74, 6) is -0.350. The summed E-state index contributed by atoms with van der Waals surface area (Å²) in [6, 6.07) is 15.3. The minimum atomic E-state index is -3.87. The van der Waals surface area contributed by atoms with Gasteiger partial charge in [0.15, 0.2) is 0 Å². The van der Waals surface area contributed by atoms with Gasteiger partial charge in [-0.1, -0.05) is 30.3 Å². The second-order valence-electron chi connectivity index (χ2n) is 6.67. The number of carbonyl (C=O) groups excluding carboxylic acids is 1. The Morgan fingerprint density at radius 3 is 2.62 bits per heavy atom. The molecule has 0 aliphatic carbocycles. The van der Waals surface area contributed by atoms with Gasteiger partial charge < -0.3 is 9.88 Å². The maximum Gasteiger partial charge on any atom is 0.264 e. The average molecular weight is 413 g/mol. The molecule has 0 radical (unpaired) electrons. The Bertz CT molecular complexity index is 1030. The molecular formula is C21H24N4O3S. The number of carbonyl (C=O) groups is 1. The molecule has 3 aromatic rings. The summed E-state index contributed by atoms with van der Waals surface area (Å²) < 4.78 is 29.5. The minimum Gasteiger partial charge on any atom is -0.354 e. The number of sulfonamides is 1. The highest BCUT2D eigenvalue weighted by atomic mass is 32.2. The molecule has 0 saturated carbocycles. The van der Waals surface area contributed by atoms with E-state index in [9.17, 15) is 13.2 Å². The van der Waals surface area contributed by atoms with Gasteiger partial charge in [-0.25, -0.2) is 13.4 Å². The molecule has 3 rings (SSSR count). The van der Waals surface area contributed by atoms with Gasteiger partial charge in [0.25, 0.3) is 10.0 Å². The number of imidazole rings is 1. The molecule has 8 heteroatoms. The van der Waals surface area contributed by atoms with Gasteiger partial charge in [-0.05, 0) is 43.2 Å². The Morgan fingerprint density at radius 2 is 1.93 bits per heavy atom. The lowest BCUT2D eigenvalue weighted by Gasteiger charge is -2.24. The maximum atomic E-state index is 13.2. The van der Waals surface area contributed by atoms with Gasteiger partial charge in [-0.3, -0.25) is 9.10 Å². The molecule has 0 aliphatic rings. The Hall–Kier alpha value is -3.13. The third-order valence-electron chi connectivity index (χ3n) is 4.38. The lowest BCUT2D eigenvalue weighted by molar-refractivity contribution is -0.119. The van der Waals surface area contributed by atoms with Crippen LogP contribution in [0.4, 0.5) is 5.69 Å². The van der Waals surface area contributed by atoms with Crippen molar-refractivity contribution in [3.8, 4) is 0 Å². The molecule has 0 aliphatic heterocycles. The third kappa shape index (κ3) is 5.45. The van der Waals surface area contributed by atoms with Crippen molar-refractivity contribution in [1.82, 2.24) is 14.9 Å². The zero-order valence-electron chi connectivity index (χ0n) is 16.2. The maximum absolute atomic E-state index is 13.2. The zero-order chi connectivity index (χ0) is 20.7. The summed E-state index contributed by atoms with van der Waals surface area (Å²) in [6.45, 7) is 2.77. The van der Waals surface area contributed by atoms with Gasteiger partial charge in [0.1, 0.15) is 6.54 Å². The van der Waals surface area contributed by atoms with Gasteiger partial charge in [-0.15, -0.1) is 0 Å². The lowest BCUT2D eigenvalue weighted by atomic mass is 10.2. The summed E-state index contributed by atoms with van der Waals surface area (Å²) in [7, 11) is -3.87. The van der Waals surface area contributed by atoms with E-state index in [1.54, 1.807) is 48.9 Å². The van der Waals surface area contributed by atoms with E-state index in [4.69, 9.17) is 0 Å². The Kier molecular flexibility index (Phi) is 6.66. The number of hydrogen-bond acceptors (Lipinski definition) is 4. The fourth-order valence-corrected chi connectivity index (χ4v) is 4.35. The first kappa shape index (κ1) is 20.6. The van der Waals surface area contributed by atoms with Crippen LogP contribution < -0.4 is 9.62 Å². The van der Waals surface area contributed by atoms with E-state index in [2.05, 4.69) is 10.3 Å². The van der Waals surface area contributed by atoms with E-state index in [1.165, 1.54) is 12.1 Å². The Labute approximate surface area is 171 Å². The van der Waals surface area contributed by atoms with E-state index in [0.29, 0.717) is 12.2 Å². The van der Waals surface area contributed by atoms with E-state index in [-0.39, 0.29) is 17.3 Å². The molecule has 1 N–H and O–H groups in total. The normalized spacial score (nSPS) is 11.2. The van der Waals surface area contributed by atoms with Crippen LogP contribution in [0.25, 0.3) is 0 Å². The number of benzene rings is 2. The molecular weight excluding hydrogens is 388 g/mol. The van der Waals surface area contributed by atoms with Crippen LogP contribution in [0.3, 0.4) is 0 Å². The second kappa shape index (κ2) is 9.38. The highest BCUT2D eigenvalue weighted by molar-refractivity contribution is 7.92. The molecule has 0 spiro atoms. The van der Waals surface area contributed by atoms with Crippen molar-refractivity contribution in [1.29, 1.82) is 0 Å². The van der Waals surface area contributed by atoms with E-state index < -0.39 is 10.0 Å². The van der Waals surface area contributed by atoms with E-state index in [0.717, 1.165) is 22.8 Å². The first-order valence-corrected chi connectivity index (χ1v) is 10.8. The fourth-order valence-electron chi connectivity index (χ4n) is 2.91. The standard InChI is InChI=1S/C21H24N4O3S/c1-18-7-5-8-19(15-18)25(29(27,28)20-9-3-2-4-10-20)16-21(26)23-11-6-13-24-14-12-22-17-24/h2-5,7-10,12,14-15,17H,6,11,13,16H2,1H3,(H,23,26). The third-order valence-corrected chi connectivity index (χ3v) is 6.17. The zero-order valence-corrected chi connectivity index (χ0v) is 17.0. The molecule has 0 unspecified atom stereocenters. The van der Waals surface area contributed by atoms with Crippen molar-refractivity contribution in [2.75, 3.05) is 17.4 Å². The monoisotopic (exact) mass is 412 g/mol. The molecule has 0 fully saturated rings. The Morgan fingerprint density at radius 1 is 1.14 bits per heavy atom.